The molecule has 3 heterocycles. The van der Waals surface area contributed by atoms with Crippen molar-refractivity contribution >= 4 is 54.0 Å². The molecule has 35 heavy (non-hydrogen) atoms. The summed E-state index contributed by atoms with van der Waals surface area (Å²) in [5.74, 6) is -0.471. The summed E-state index contributed by atoms with van der Waals surface area (Å²) in [5.41, 5.74) is 1.68. The minimum Gasteiger partial charge on any atom is -0.448 e. The number of ether oxygens (including phenoxy) is 1. The average molecular weight is 530 g/mol. The lowest BCUT2D eigenvalue weighted by molar-refractivity contribution is -0.385. The summed E-state index contributed by atoms with van der Waals surface area (Å²) in [5, 5.41) is 21.8. The topological polar surface area (TPSA) is 135 Å². The Morgan fingerprint density at radius 3 is 2.60 bits per heavy atom. The number of hydrogen-bond donors (Lipinski definition) is 2. The van der Waals surface area contributed by atoms with E-state index in [1.165, 1.54) is 12.1 Å². The van der Waals surface area contributed by atoms with Crippen LogP contribution in [0.25, 0.3) is 0 Å². The fourth-order valence-electron chi connectivity index (χ4n) is 4.08. The lowest BCUT2D eigenvalue weighted by atomic mass is 10.1. The fraction of sp³-hybridized carbons (Fsp3) is 0.476. The number of nitrogens with one attached hydrogen (secondary N) is 2. The van der Waals surface area contributed by atoms with Gasteiger partial charge >= 0.3 is 6.09 Å². The average Bonchev–Trinajstić information content (AvgIpc) is 3.18. The van der Waals surface area contributed by atoms with Crippen LogP contribution in [0.2, 0.25) is 0 Å². The third-order valence-corrected chi connectivity index (χ3v) is 5.89. The quantitative estimate of drug-likeness (QED) is 0.441. The Labute approximate surface area is 214 Å². The molecule has 12 nitrogen and oxygen atoms in total. The van der Waals surface area contributed by atoms with Crippen LogP contribution in [0.1, 0.15) is 28.5 Å². The number of nitro benzene ring substituents is 1. The molecule has 0 unspecified atom stereocenters. The van der Waals surface area contributed by atoms with E-state index < -0.39 is 16.9 Å². The number of nitrogens with zero attached hydrogens (tertiary/aromatic N) is 5. The van der Waals surface area contributed by atoms with E-state index in [1.807, 2.05) is 7.05 Å². The Morgan fingerprint density at radius 1 is 1.23 bits per heavy atom. The molecule has 14 heteroatoms. The number of amides is 1. The molecular weight excluding hydrogens is 501 g/mol. The Morgan fingerprint density at radius 2 is 1.94 bits per heavy atom. The SMILES string of the molecule is CCOC(=O)n1nc(NC(=O)c2ccc(N3CCN(C)CC3)cc2[N+](=O)[O-])c2c1CCNC2.Cl.Cl. The molecule has 2 aromatic rings. The van der Waals surface area contributed by atoms with Gasteiger partial charge in [-0.25, -0.2) is 4.79 Å². The predicted molar refractivity (Wildman–Crippen MR) is 135 cm³/mol. The Kier molecular flexibility index (Phi) is 9.83. The summed E-state index contributed by atoms with van der Waals surface area (Å²) in [6.07, 6.45) is -0.0877. The maximum Gasteiger partial charge on any atom is 0.434 e. The highest BCUT2D eigenvalue weighted by Gasteiger charge is 2.28. The molecule has 0 aliphatic carbocycles. The molecule has 1 aromatic heterocycles. The highest BCUT2D eigenvalue weighted by Crippen LogP contribution is 2.29. The van der Waals surface area contributed by atoms with Crippen LogP contribution in [0.4, 0.5) is 22.0 Å². The van der Waals surface area contributed by atoms with Crippen LogP contribution in [0.3, 0.4) is 0 Å². The number of carbonyl (C=O) groups is 2. The summed E-state index contributed by atoms with van der Waals surface area (Å²) in [7, 11) is 2.03. The molecule has 0 spiro atoms. The van der Waals surface area contributed by atoms with E-state index in [2.05, 4.69) is 25.5 Å². The molecule has 0 bridgehead atoms. The minimum absolute atomic E-state index is 0. The Hall–Kier alpha value is -2.93. The first-order valence-electron chi connectivity index (χ1n) is 10.9. The number of benzene rings is 1. The second kappa shape index (κ2) is 12.2. The number of carbonyl (C=O) groups excluding carboxylic acids is 2. The minimum atomic E-state index is -0.659. The van der Waals surface area contributed by atoms with Crippen LogP contribution < -0.4 is 15.5 Å². The maximum atomic E-state index is 13.0. The molecule has 1 fully saturated rings. The fourth-order valence-corrected chi connectivity index (χ4v) is 4.08. The van der Waals surface area contributed by atoms with Crippen molar-refractivity contribution in [3.05, 3.63) is 45.1 Å². The van der Waals surface area contributed by atoms with Gasteiger partial charge in [0.25, 0.3) is 11.6 Å². The zero-order valence-electron chi connectivity index (χ0n) is 19.5. The van der Waals surface area contributed by atoms with Crippen LogP contribution in [0, 0.1) is 10.1 Å². The van der Waals surface area contributed by atoms with Crippen molar-refractivity contribution in [3.63, 3.8) is 0 Å². The van der Waals surface area contributed by atoms with Crippen molar-refractivity contribution < 1.29 is 19.2 Å². The molecule has 1 saturated heterocycles. The molecular formula is C21H29Cl2N7O5. The van der Waals surface area contributed by atoms with Gasteiger partial charge in [0.05, 0.1) is 17.2 Å². The van der Waals surface area contributed by atoms with Crippen molar-refractivity contribution in [2.75, 3.05) is 56.6 Å². The molecule has 0 radical (unpaired) electrons. The zero-order chi connectivity index (χ0) is 23.5. The van der Waals surface area contributed by atoms with E-state index >= 15 is 0 Å². The predicted octanol–water partition coefficient (Wildman–Crippen LogP) is 2.29. The largest absolute Gasteiger partial charge is 0.448 e. The van der Waals surface area contributed by atoms with E-state index in [1.54, 1.807) is 13.0 Å². The Bertz CT molecular complexity index is 1090. The van der Waals surface area contributed by atoms with Crippen molar-refractivity contribution in [2.24, 2.45) is 0 Å². The van der Waals surface area contributed by atoms with Gasteiger partial charge < -0.3 is 25.2 Å². The highest BCUT2D eigenvalue weighted by atomic mass is 35.5. The third kappa shape index (κ3) is 6.01. The molecule has 2 N–H and O–H groups in total. The summed E-state index contributed by atoms with van der Waals surface area (Å²) >= 11 is 0. The first-order valence-corrected chi connectivity index (χ1v) is 10.9. The number of fused-ring (bicyclic) bond motifs is 1. The van der Waals surface area contributed by atoms with Crippen molar-refractivity contribution in [1.29, 1.82) is 0 Å². The first-order chi connectivity index (χ1) is 15.9. The molecule has 2 aliphatic rings. The van der Waals surface area contributed by atoms with Gasteiger partial charge in [-0.05, 0) is 26.1 Å². The van der Waals surface area contributed by atoms with Crippen LogP contribution in [-0.2, 0) is 17.7 Å². The summed E-state index contributed by atoms with van der Waals surface area (Å²) < 4.78 is 6.21. The number of hydrogen-bond acceptors (Lipinski definition) is 9. The first kappa shape index (κ1) is 28.3. The van der Waals surface area contributed by atoms with E-state index in [0.717, 1.165) is 30.9 Å². The zero-order valence-corrected chi connectivity index (χ0v) is 21.1. The highest BCUT2D eigenvalue weighted by molar-refractivity contribution is 6.07. The smallest absolute Gasteiger partial charge is 0.434 e. The van der Waals surface area contributed by atoms with Gasteiger partial charge in [0.1, 0.15) is 5.56 Å². The van der Waals surface area contributed by atoms with E-state index in [-0.39, 0.29) is 48.5 Å². The molecule has 2 aliphatic heterocycles. The lowest BCUT2D eigenvalue weighted by Crippen LogP contribution is -2.44. The van der Waals surface area contributed by atoms with Crippen molar-refractivity contribution in [1.82, 2.24) is 20.0 Å². The van der Waals surface area contributed by atoms with Crippen molar-refractivity contribution in [2.45, 2.75) is 19.9 Å². The number of halogens is 2. The number of likely N-dealkylation sites (N-methyl/N-ethyl adjacent to an activating group) is 1. The second-order valence-corrected chi connectivity index (χ2v) is 8.01. The maximum absolute atomic E-state index is 13.0. The number of anilines is 2. The Balaban J connectivity index is 0.00000216. The number of rotatable bonds is 5. The summed E-state index contributed by atoms with van der Waals surface area (Å²) in [6.45, 7) is 6.19. The van der Waals surface area contributed by atoms with Gasteiger partial charge in [0.15, 0.2) is 5.82 Å². The van der Waals surface area contributed by atoms with E-state index in [4.69, 9.17) is 4.74 Å². The van der Waals surface area contributed by atoms with Gasteiger partial charge in [-0.2, -0.15) is 4.68 Å². The normalized spacial score (nSPS) is 15.3. The second-order valence-electron chi connectivity index (χ2n) is 8.01. The van der Waals surface area contributed by atoms with Gasteiger partial charge in [-0.3, -0.25) is 14.9 Å². The van der Waals surface area contributed by atoms with Gasteiger partial charge in [0.2, 0.25) is 0 Å². The van der Waals surface area contributed by atoms with E-state index in [9.17, 15) is 19.7 Å². The molecule has 1 amide bonds. The number of nitro groups is 1. The molecule has 0 atom stereocenters. The van der Waals surface area contributed by atoms with Crippen LogP contribution in [-0.4, -0.2) is 78.0 Å². The monoisotopic (exact) mass is 529 g/mol. The van der Waals surface area contributed by atoms with Crippen LogP contribution in [0.5, 0.6) is 0 Å². The van der Waals surface area contributed by atoms with Gasteiger partial charge in [-0.15, -0.1) is 29.9 Å². The van der Waals surface area contributed by atoms with E-state index in [0.29, 0.717) is 36.5 Å². The van der Waals surface area contributed by atoms with Gasteiger partial charge in [0, 0.05) is 63.0 Å². The standard InChI is InChI=1S/C21H27N7O5.2ClH/c1-3-33-21(30)27-17-6-7-22-13-16(17)19(24-27)23-20(29)15-5-4-14(12-18(15)28(31)32)26-10-8-25(2)9-11-26;;/h4-5,12,22H,3,6-11,13H2,1-2H3,(H,23,24,29);2*1H. The van der Waals surface area contributed by atoms with Crippen molar-refractivity contribution in [3.8, 4) is 0 Å². The summed E-state index contributed by atoms with van der Waals surface area (Å²) in [4.78, 5) is 40.8. The third-order valence-electron chi connectivity index (χ3n) is 5.89. The summed E-state index contributed by atoms with van der Waals surface area (Å²) in [6, 6.07) is 4.63. The molecule has 192 valence electrons. The molecule has 4 rings (SSSR count). The lowest BCUT2D eigenvalue weighted by Gasteiger charge is -2.34. The number of piperazine rings is 1. The number of aromatic nitrogens is 2. The molecule has 1 aromatic carbocycles. The van der Waals surface area contributed by atoms with Gasteiger partial charge in [-0.1, -0.05) is 0 Å². The molecule has 0 saturated carbocycles. The van der Waals surface area contributed by atoms with Crippen LogP contribution in [0.15, 0.2) is 18.2 Å². The van der Waals surface area contributed by atoms with Crippen LogP contribution >= 0.6 is 24.8 Å².